The van der Waals surface area contributed by atoms with E-state index in [0.29, 0.717) is 13.1 Å². The molecule has 0 aliphatic carbocycles. The van der Waals surface area contributed by atoms with Crippen LogP contribution in [-0.4, -0.2) is 34.3 Å². The molecule has 0 radical (unpaired) electrons. The Morgan fingerprint density at radius 1 is 1.39 bits per heavy atom. The number of hydrogen-bond acceptors (Lipinski definition) is 4. The van der Waals surface area contributed by atoms with Gasteiger partial charge in [-0.05, 0) is 24.6 Å². The molecule has 0 saturated heterocycles. The molecule has 0 amide bonds. The number of para-hydroxylation sites is 1. The fourth-order valence-electron chi connectivity index (χ4n) is 2.09. The van der Waals surface area contributed by atoms with E-state index in [2.05, 4.69) is 27.5 Å². The van der Waals surface area contributed by atoms with Crippen LogP contribution in [0.1, 0.15) is 11.1 Å². The van der Waals surface area contributed by atoms with E-state index in [9.17, 15) is 8.42 Å². The van der Waals surface area contributed by atoms with Gasteiger partial charge in [-0.1, -0.05) is 18.2 Å². The highest BCUT2D eigenvalue weighted by Crippen LogP contribution is 2.25. The number of hydrogen-bond donors (Lipinski definition) is 3. The third-order valence-corrected chi connectivity index (χ3v) is 4.47. The molecular formula is C12H19N3O2S. The van der Waals surface area contributed by atoms with Crippen molar-refractivity contribution < 1.29 is 8.42 Å². The Balaban J connectivity index is 1.86. The first kappa shape index (κ1) is 13.3. The van der Waals surface area contributed by atoms with Crippen molar-refractivity contribution in [3.05, 3.63) is 29.3 Å². The zero-order valence-electron chi connectivity index (χ0n) is 10.5. The summed E-state index contributed by atoms with van der Waals surface area (Å²) in [5.74, 6) is 0.103. The Kier molecular flexibility index (Phi) is 4.21. The summed E-state index contributed by atoms with van der Waals surface area (Å²) in [6, 6.07) is 6.24. The average Bonchev–Trinajstić information content (AvgIpc) is 2.83. The first-order valence-electron chi connectivity index (χ1n) is 6.09. The summed E-state index contributed by atoms with van der Waals surface area (Å²) in [5, 5.41) is 6.53. The predicted octanol–water partition coefficient (Wildman–Crippen LogP) is 0.293. The third-order valence-electron chi connectivity index (χ3n) is 3.11. The Morgan fingerprint density at radius 3 is 3.00 bits per heavy atom. The highest BCUT2D eigenvalue weighted by Gasteiger charge is 2.13. The summed E-state index contributed by atoms with van der Waals surface area (Å²) in [4.78, 5) is 0. The van der Waals surface area contributed by atoms with Gasteiger partial charge in [0.05, 0.1) is 5.75 Å². The maximum atomic E-state index is 11.2. The summed E-state index contributed by atoms with van der Waals surface area (Å²) >= 11 is 0. The third kappa shape index (κ3) is 3.22. The van der Waals surface area contributed by atoms with Crippen molar-refractivity contribution in [2.24, 2.45) is 0 Å². The van der Waals surface area contributed by atoms with Gasteiger partial charge >= 0.3 is 0 Å². The molecule has 0 unspecified atom stereocenters. The topological polar surface area (TPSA) is 70.2 Å². The largest absolute Gasteiger partial charge is 0.384 e. The first-order valence-corrected chi connectivity index (χ1v) is 7.74. The fraction of sp³-hybridized carbons (Fsp3) is 0.500. The molecule has 0 bridgehead atoms. The lowest BCUT2D eigenvalue weighted by Gasteiger charge is -2.10. The highest BCUT2D eigenvalue weighted by molar-refractivity contribution is 7.89. The second-order valence-electron chi connectivity index (χ2n) is 4.33. The van der Waals surface area contributed by atoms with Gasteiger partial charge in [0.25, 0.3) is 0 Å². The molecule has 5 nitrogen and oxygen atoms in total. The van der Waals surface area contributed by atoms with Gasteiger partial charge in [0.15, 0.2) is 0 Å². The van der Waals surface area contributed by atoms with Gasteiger partial charge in [0, 0.05) is 25.3 Å². The summed E-state index contributed by atoms with van der Waals surface area (Å²) in [5.41, 5.74) is 3.76. The van der Waals surface area contributed by atoms with Crippen molar-refractivity contribution in [1.82, 2.24) is 10.0 Å². The molecule has 0 atom stereocenters. The lowest BCUT2D eigenvalue weighted by molar-refractivity contribution is 0.583. The van der Waals surface area contributed by atoms with Gasteiger partial charge in [0.1, 0.15) is 0 Å². The van der Waals surface area contributed by atoms with Gasteiger partial charge in [-0.2, -0.15) is 0 Å². The van der Waals surface area contributed by atoms with Gasteiger partial charge < -0.3 is 10.6 Å². The van der Waals surface area contributed by atoms with Crippen LogP contribution in [-0.2, 0) is 23.0 Å². The molecule has 18 heavy (non-hydrogen) atoms. The molecule has 1 aromatic rings. The zero-order chi connectivity index (χ0) is 13.0. The normalized spacial score (nSPS) is 14.3. The van der Waals surface area contributed by atoms with E-state index in [0.717, 1.165) is 13.0 Å². The van der Waals surface area contributed by atoms with Crippen LogP contribution < -0.4 is 15.4 Å². The summed E-state index contributed by atoms with van der Waals surface area (Å²) < 4.78 is 24.8. The van der Waals surface area contributed by atoms with Crippen molar-refractivity contribution in [3.63, 3.8) is 0 Å². The molecule has 6 heteroatoms. The van der Waals surface area contributed by atoms with E-state index >= 15 is 0 Å². The lowest BCUT2D eigenvalue weighted by atomic mass is 10.1. The number of rotatable bonds is 6. The maximum Gasteiger partial charge on any atom is 0.212 e. The van der Waals surface area contributed by atoms with Crippen LogP contribution in [0.25, 0.3) is 0 Å². The molecular weight excluding hydrogens is 250 g/mol. The second kappa shape index (κ2) is 5.69. The van der Waals surface area contributed by atoms with Crippen LogP contribution in [0.15, 0.2) is 18.2 Å². The van der Waals surface area contributed by atoms with Crippen LogP contribution in [0.4, 0.5) is 5.69 Å². The maximum absolute atomic E-state index is 11.2. The van der Waals surface area contributed by atoms with Gasteiger partial charge in [-0.15, -0.1) is 0 Å². The lowest BCUT2D eigenvalue weighted by Crippen LogP contribution is -2.29. The SMILES string of the molecule is CNS(=O)(=O)CCNCc1cccc2c1NCC2. The van der Waals surface area contributed by atoms with Gasteiger partial charge in [-0.3, -0.25) is 0 Å². The van der Waals surface area contributed by atoms with Crippen LogP contribution in [0.5, 0.6) is 0 Å². The molecule has 1 heterocycles. The smallest absolute Gasteiger partial charge is 0.212 e. The van der Waals surface area contributed by atoms with Gasteiger partial charge in [-0.25, -0.2) is 13.1 Å². The molecule has 0 aromatic heterocycles. The first-order chi connectivity index (χ1) is 8.62. The molecule has 0 saturated carbocycles. The van der Waals surface area contributed by atoms with E-state index in [1.54, 1.807) is 0 Å². The Labute approximate surface area is 108 Å². The number of benzene rings is 1. The monoisotopic (exact) mass is 269 g/mol. The van der Waals surface area contributed by atoms with E-state index in [1.165, 1.54) is 23.9 Å². The predicted molar refractivity (Wildman–Crippen MR) is 73.2 cm³/mol. The summed E-state index contributed by atoms with van der Waals surface area (Å²) in [6.07, 6.45) is 1.07. The summed E-state index contributed by atoms with van der Waals surface area (Å²) in [6.45, 7) is 2.13. The second-order valence-corrected chi connectivity index (χ2v) is 6.37. The van der Waals surface area contributed by atoms with E-state index in [4.69, 9.17) is 0 Å². The zero-order valence-corrected chi connectivity index (χ0v) is 11.3. The minimum atomic E-state index is -3.11. The van der Waals surface area contributed by atoms with Crippen molar-refractivity contribution in [1.29, 1.82) is 0 Å². The highest BCUT2D eigenvalue weighted by atomic mass is 32.2. The standard InChI is InChI=1S/C12H19N3O2S/c1-13-18(16,17)8-7-14-9-11-4-2-3-10-5-6-15-12(10)11/h2-4,13-15H,5-9H2,1H3. The number of fused-ring (bicyclic) bond motifs is 1. The van der Waals surface area contributed by atoms with E-state index in [-0.39, 0.29) is 5.75 Å². The van der Waals surface area contributed by atoms with Crippen LogP contribution in [0.3, 0.4) is 0 Å². The average molecular weight is 269 g/mol. The molecule has 0 spiro atoms. The molecule has 100 valence electrons. The van der Waals surface area contributed by atoms with E-state index in [1.807, 2.05) is 6.07 Å². The van der Waals surface area contributed by atoms with Crippen molar-refractivity contribution >= 4 is 15.7 Å². The molecule has 1 aliphatic heterocycles. The van der Waals surface area contributed by atoms with Crippen molar-refractivity contribution in [3.8, 4) is 0 Å². The Bertz CT molecular complexity index is 514. The van der Waals surface area contributed by atoms with Crippen molar-refractivity contribution in [2.75, 3.05) is 31.2 Å². The quantitative estimate of drug-likeness (QED) is 0.649. The minimum absolute atomic E-state index is 0.103. The van der Waals surface area contributed by atoms with E-state index < -0.39 is 10.0 Å². The fourth-order valence-corrected chi connectivity index (χ4v) is 2.71. The summed E-state index contributed by atoms with van der Waals surface area (Å²) in [7, 11) is -1.68. The van der Waals surface area contributed by atoms with Crippen LogP contribution >= 0.6 is 0 Å². The van der Waals surface area contributed by atoms with Gasteiger partial charge in [0.2, 0.25) is 10.0 Å². The van der Waals surface area contributed by atoms with Crippen LogP contribution in [0, 0.1) is 0 Å². The Morgan fingerprint density at radius 2 is 2.22 bits per heavy atom. The number of anilines is 1. The number of nitrogens with one attached hydrogen (secondary N) is 3. The molecule has 3 N–H and O–H groups in total. The minimum Gasteiger partial charge on any atom is -0.384 e. The molecule has 0 fully saturated rings. The molecule has 1 aliphatic rings. The number of sulfonamides is 1. The Hall–Kier alpha value is -1.11. The van der Waals surface area contributed by atoms with Crippen LogP contribution in [0.2, 0.25) is 0 Å². The van der Waals surface area contributed by atoms with Crippen molar-refractivity contribution in [2.45, 2.75) is 13.0 Å². The molecule has 1 aromatic carbocycles. The molecule has 2 rings (SSSR count).